The number of aryl methyl sites for hydroxylation is 2. The first-order valence-electron chi connectivity index (χ1n) is 7.75. The molecular formula is C16H23N5O2S. The van der Waals surface area contributed by atoms with E-state index in [1.54, 1.807) is 30.7 Å². The lowest BCUT2D eigenvalue weighted by atomic mass is 10.4. The lowest BCUT2D eigenvalue weighted by Crippen LogP contribution is -2.43. The fraction of sp³-hybridized carbons (Fsp3) is 0.438. The first kappa shape index (κ1) is 18.0. The fourth-order valence-electron chi connectivity index (χ4n) is 1.98. The Morgan fingerprint density at radius 1 is 1.33 bits per heavy atom. The zero-order valence-corrected chi connectivity index (χ0v) is 15.0. The highest BCUT2D eigenvalue weighted by molar-refractivity contribution is 7.11. The molecule has 0 aliphatic rings. The van der Waals surface area contributed by atoms with Gasteiger partial charge in [0.2, 0.25) is 5.91 Å². The van der Waals surface area contributed by atoms with Crippen molar-refractivity contribution in [3.63, 3.8) is 0 Å². The average Bonchev–Trinajstić information content (AvgIpc) is 3.19. The molecule has 2 heterocycles. The summed E-state index contributed by atoms with van der Waals surface area (Å²) >= 11 is 1.71. The number of carbonyl (C=O) groups is 1. The van der Waals surface area contributed by atoms with Crippen LogP contribution in [-0.2, 0) is 17.8 Å². The van der Waals surface area contributed by atoms with E-state index < -0.39 is 0 Å². The average molecular weight is 349 g/mol. The third-order valence-electron chi connectivity index (χ3n) is 3.38. The van der Waals surface area contributed by atoms with Gasteiger partial charge < -0.3 is 20.4 Å². The lowest BCUT2D eigenvalue weighted by molar-refractivity contribution is -0.120. The van der Waals surface area contributed by atoms with Crippen LogP contribution in [0.4, 0.5) is 0 Å². The zero-order chi connectivity index (χ0) is 17.4. The number of aliphatic imine (C=N–C) groups is 1. The van der Waals surface area contributed by atoms with Crippen LogP contribution in [0.3, 0.4) is 0 Å². The van der Waals surface area contributed by atoms with E-state index in [0.29, 0.717) is 19.0 Å². The molecule has 2 aromatic rings. The Morgan fingerprint density at radius 3 is 2.79 bits per heavy atom. The van der Waals surface area contributed by atoms with Gasteiger partial charge in [0.05, 0.1) is 30.1 Å². The number of furan rings is 1. The van der Waals surface area contributed by atoms with Crippen LogP contribution < -0.4 is 16.0 Å². The summed E-state index contributed by atoms with van der Waals surface area (Å²) in [5.74, 6) is 1.19. The van der Waals surface area contributed by atoms with Gasteiger partial charge in [-0.2, -0.15) is 0 Å². The molecule has 0 bridgehead atoms. The molecular weight excluding hydrogens is 326 g/mol. The Kier molecular flexibility index (Phi) is 6.80. The van der Waals surface area contributed by atoms with Gasteiger partial charge in [-0.05, 0) is 26.0 Å². The molecule has 0 saturated heterocycles. The van der Waals surface area contributed by atoms with Gasteiger partial charge in [-0.25, -0.2) is 4.98 Å². The summed E-state index contributed by atoms with van der Waals surface area (Å²) in [6.07, 6.45) is 2.40. The van der Waals surface area contributed by atoms with E-state index in [1.165, 1.54) is 4.88 Å². The smallest absolute Gasteiger partial charge is 0.239 e. The second-order valence-electron chi connectivity index (χ2n) is 5.21. The molecule has 8 heteroatoms. The highest BCUT2D eigenvalue weighted by atomic mass is 32.1. The molecule has 130 valence electrons. The van der Waals surface area contributed by atoms with Crippen molar-refractivity contribution < 1.29 is 9.21 Å². The van der Waals surface area contributed by atoms with Crippen molar-refractivity contribution >= 4 is 23.2 Å². The number of rotatable bonds is 7. The van der Waals surface area contributed by atoms with Crippen LogP contribution in [0.1, 0.15) is 21.3 Å². The Balaban J connectivity index is 1.65. The molecule has 2 rings (SSSR count). The van der Waals surface area contributed by atoms with Crippen molar-refractivity contribution in [3.8, 4) is 0 Å². The van der Waals surface area contributed by atoms with Crippen LogP contribution in [0.25, 0.3) is 0 Å². The Morgan fingerprint density at radius 2 is 2.17 bits per heavy atom. The number of guanidine groups is 1. The minimum absolute atomic E-state index is 0.125. The highest BCUT2D eigenvalue weighted by Gasteiger charge is 2.06. The molecule has 0 saturated carbocycles. The minimum atomic E-state index is -0.125. The molecule has 0 aliphatic heterocycles. The molecule has 3 N–H and O–H groups in total. The van der Waals surface area contributed by atoms with E-state index in [2.05, 4.69) is 32.9 Å². The second kappa shape index (κ2) is 9.07. The Bertz CT molecular complexity index is 659. The molecule has 0 fully saturated rings. The first-order chi connectivity index (χ1) is 11.6. The third kappa shape index (κ3) is 5.69. The summed E-state index contributed by atoms with van der Waals surface area (Å²) in [6, 6.07) is 3.60. The van der Waals surface area contributed by atoms with Crippen molar-refractivity contribution in [1.82, 2.24) is 20.9 Å². The maximum absolute atomic E-state index is 11.8. The van der Waals surface area contributed by atoms with Crippen LogP contribution in [0, 0.1) is 13.8 Å². The number of nitrogens with one attached hydrogen (secondary N) is 3. The van der Waals surface area contributed by atoms with E-state index >= 15 is 0 Å². The van der Waals surface area contributed by atoms with E-state index in [-0.39, 0.29) is 12.5 Å². The molecule has 7 nitrogen and oxygen atoms in total. The first-order valence-corrected chi connectivity index (χ1v) is 8.56. The molecule has 24 heavy (non-hydrogen) atoms. The Labute approximate surface area is 145 Å². The molecule has 0 aliphatic carbocycles. The second-order valence-corrected chi connectivity index (χ2v) is 6.50. The minimum Gasteiger partial charge on any atom is -0.467 e. The molecule has 0 spiro atoms. The van der Waals surface area contributed by atoms with Gasteiger partial charge in [0.15, 0.2) is 5.96 Å². The van der Waals surface area contributed by atoms with Crippen molar-refractivity contribution in [2.45, 2.75) is 26.8 Å². The van der Waals surface area contributed by atoms with Crippen LogP contribution in [-0.4, -0.2) is 37.0 Å². The summed E-state index contributed by atoms with van der Waals surface area (Å²) < 4.78 is 5.16. The summed E-state index contributed by atoms with van der Waals surface area (Å²) in [5, 5.41) is 10.0. The topological polar surface area (TPSA) is 91.5 Å². The van der Waals surface area contributed by atoms with Crippen LogP contribution in [0.5, 0.6) is 0 Å². The standard InChI is InChI=1S/C16H23N5O2S/c1-11-12(2)24-15(21-11)6-7-18-16(17-3)20-10-14(22)19-9-13-5-4-8-23-13/h4-5,8H,6-7,9-10H2,1-3H3,(H,19,22)(H2,17,18,20). The van der Waals surface area contributed by atoms with Gasteiger partial charge in [-0.15, -0.1) is 11.3 Å². The molecule has 0 atom stereocenters. The monoisotopic (exact) mass is 349 g/mol. The van der Waals surface area contributed by atoms with Crippen molar-refractivity contribution in [1.29, 1.82) is 0 Å². The van der Waals surface area contributed by atoms with Gasteiger partial charge in [-0.3, -0.25) is 9.79 Å². The number of aromatic nitrogens is 1. The molecule has 0 aromatic carbocycles. The number of hydrogen-bond acceptors (Lipinski definition) is 5. The largest absolute Gasteiger partial charge is 0.467 e. The van der Waals surface area contributed by atoms with E-state index in [1.807, 2.05) is 13.0 Å². The van der Waals surface area contributed by atoms with E-state index in [9.17, 15) is 4.79 Å². The molecule has 1 amide bonds. The summed E-state index contributed by atoms with van der Waals surface area (Å²) in [7, 11) is 1.67. The van der Waals surface area contributed by atoms with Gasteiger partial charge >= 0.3 is 0 Å². The van der Waals surface area contributed by atoms with Gasteiger partial charge in [0.25, 0.3) is 0 Å². The molecule has 0 radical (unpaired) electrons. The quantitative estimate of drug-likeness (QED) is 0.519. The van der Waals surface area contributed by atoms with Gasteiger partial charge in [-0.1, -0.05) is 0 Å². The van der Waals surface area contributed by atoms with E-state index in [0.717, 1.165) is 22.9 Å². The number of thiazole rings is 1. The SMILES string of the molecule is CN=C(NCCc1nc(C)c(C)s1)NCC(=O)NCc1ccco1. The molecule has 2 aromatic heterocycles. The number of nitrogens with zero attached hydrogens (tertiary/aromatic N) is 2. The summed E-state index contributed by atoms with van der Waals surface area (Å²) in [6.45, 7) is 5.33. The zero-order valence-electron chi connectivity index (χ0n) is 14.2. The summed E-state index contributed by atoms with van der Waals surface area (Å²) in [4.78, 5) is 21.6. The van der Waals surface area contributed by atoms with Gasteiger partial charge in [0.1, 0.15) is 5.76 Å². The third-order valence-corrected chi connectivity index (χ3v) is 4.52. The number of carbonyl (C=O) groups excluding carboxylic acids is 1. The van der Waals surface area contributed by atoms with Crippen LogP contribution in [0.15, 0.2) is 27.8 Å². The maximum Gasteiger partial charge on any atom is 0.239 e. The summed E-state index contributed by atoms with van der Waals surface area (Å²) in [5.41, 5.74) is 1.09. The van der Waals surface area contributed by atoms with Crippen LogP contribution in [0.2, 0.25) is 0 Å². The maximum atomic E-state index is 11.8. The Hall–Kier alpha value is -2.35. The van der Waals surface area contributed by atoms with Crippen molar-refractivity contribution in [3.05, 3.63) is 39.7 Å². The van der Waals surface area contributed by atoms with Crippen molar-refractivity contribution in [2.24, 2.45) is 4.99 Å². The van der Waals surface area contributed by atoms with Crippen molar-refractivity contribution in [2.75, 3.05) is 20.1 Å². The molecule has 0 unspecified atom stereocenters. The lowest BCUT2D eigenvalue weighted by Gasteiger charge is -2.11. The van der Waals surface area contributed by atoms with Gasteiger partial charge in [0, 0.05) is 24.9 Å². The normalized spacial score (nSPS) is 11.4. The predicted molar refractivity (Wildman–Crippen MR) is 95.2 cm³/mol. The highest BCUT2D eigenvalue weighted by Crippen LogP contribution is 2.16. The number of amides is 1. The number of hydrogen-bond donors (Lipinski definition) is 3. The van der Waals surface area contributed by atoms with Crippen LogP contribution >= 0.6 is 11.3 Å². The van der Waals surface area contributed by atoms with E-state index in [4.69, 9.17) is 4.42 Å². The fourth-order valence-corrected chi connectivity index (χ4v) is 2.91. The predicted octanol–water partition coefficient (Wildman–Crippen LogP) is 1.38.